The second-order valence-corrected chi connectivity index (χ2v) is 3.42. The SMILES string of the molecule is CNCCCNC(=O)c1ncccc1C(=O)O. The molecule has 1 rings (SSSR count). The number of carbonyl (C=O) groups excluding carboxylic acids is 1. The van der Waals surface area contributed by atoms with Gasteiger partial charge in [-0.05, 0) is 32.1 Å². The van der Waals surface area contributed by atoms with E-state index in [0.29, 0.717) is 6.54 Å². The Labute approximate surface area is 99.1 Å². The van der Waals surface area contributed by atoms with Gasteiger partial charge in [-0.25, -0.2) is 4.79 Å². The number of hydrogen-bond acceptors (Lipinski definition) is 4. The molecular weight excluding hydrogens is 222 g/mol. The first-order valence-electron chi connectivity index (χ1n) is 5.28. The van der Waals surface area contributed by atoms with Crippen molar-refractivity contribution in [1.29, 1.82) is 0 Å². The number of aromatic nitrogens is 1. The van der Waals surface area contributed by atoms with Crippen molar-refractivity contribution in [2.24, 2.45) is 0 Å². The summed E-state index contributed by atoms with van der Waals surface area (Å²) in [5.41, 5.74) is -0.136. The highest BCUT2D eigenvalue weighted by atomic mass is 16.4. The van der Waals surface area contributed by atoms with E-state index in [2.05, 4.69) is 15.6 Å². The van der Waals surface area contributed by atoms with E-state index in [1.165, 1.54) is 18.3 Å². The van der Waals surface area contributed by atoms with Crippen molar-refractivity contribution < 1.29 is 14.7 Å². The van der Waals surface area contributed by atoms with Gasteiger partial charge in [0, 0.05) is 12.7 Å². The van der Waals surface area contributed by atoms with Crippen molar-refractivity contribution in [3.8, 4) is 0 Å². The lowest BCUT2D eigenvalue weighted by Gasteiger charge is -2.06. The summed E-state index contributed by atoms with van der Waals surface area (Å²) in [6.45, 7) is 1.27. The van der Waals surface area contributed by atoms with E-state index in [-0.39, 0.29) is 11.3 Å². The van der Waals surface area contributed by atoms with Crippen molar-refractivity contribution in [3.05, 3.63) is 29.6 Å². The predicted molar refractivity (Wildman–Crippen MR) is 62.1 cm³/mol. The average Bonchev–Trinajstić information content (AvgIpc) is 2.34. The van der Waals surface area contributed by atoms with Crippen molar-refractivity contribution >= 4 is 11.9 Å². The maximum Gasteiger partial charge on any atom is 0.338 e. The molecule has 92 valence electrons. The Bertz CT molecular complexity index is 407. The number of carboxylic acid groups (broad SMARTS) is 1. The zero-order valence-electron chi connectivity index (χ0n) is 9.56. The van der Waals surface area contributed by atoms with Crippen LogP contribution in [0.2, 0.25) is 0 Å². The number of nitrogens with one attached hydrogen (secondary N) is 2. The van der Waals surface area contributed by atoms with Crippen LogP contribution < -0.4 is 10.6 Å². The number of carboxylic acids is 1. The first-order valence-corrected chi connectivity index (χ1v) is 5.28. The lowest BCUT2D eigenvalue weighted by atomic mass is 10.2. The van der Waals surface area contributed by atoms with Gasteiger partial charge in [0.2, 0.25) is 0 Å². The number of nitrogens with zero attached hydrogens (tertiary/aromatic N) is 1. The maximum atomic E-state index is 11.7. The molecule has 0 aliphatic carbocycles. The third-order valence-corrected chi connectivity index (χ3v) is 2.14. The van der Waals surface area contributed by atoms with Crippen LogP contribution in [0.5, 0.6) is 0 Å². The minimum Gasteiger partial charge on any atom is -0.478 e. The van der Waals surface area contributed by atoms with Gasteiger partial charge in [-0.15, -0.1) is 0 Å². The Morgan fingerprint density at radius 3 is 2.82 bits per heavy atom. The molecular formula is C11H15N3O3. The molecule has 0 bridgehead atoms. The summed E-state index contributed by atoms with van der Waals surface area (Å²) in [6, 6.07) is 2.85. The lowest BCUT2D eigenvalue weighted by Crippen LogP contribution is -2.28. The van der Waals surface area contributed by atoms with Crippen LogP contribution in [0.1, 0.15) is 27.3 Å². The second kappa shape index (κ2) is 6.59. The highest BCUT2D eigenvalue weighted by Gasteiger charge is 2.16. The fourth-order valence-corrected chi connectivity index (χ4v) is 1.31. The second-order valence-electron chi connectivity index (χ2n) is 3.42. The summed E-state index contributed by atoms with van der Waals surface area (Å²) in [5.74, 6) is -1.61. The Morgan fingerprint density at radius 1 is 1.41 bits per heavy atom. The van der Waals surface area contributed by atoms with Crippen LogP contribution in [0.25, 0.3) is 0 Å². The standard InChI is InChI=1S/C11H15N3O3/c1-12-5-3-7-14-10(15)9-8(11(16)17)4-2-6-13-9/h2,4,6,12H,3,5,7H2,1H3,(H,14,15)(H,16,17). The van der Waals surface area contributed by atoms with Crippen molar-refractivity contribution in [1.82, 2.24) is 15.6 Å². The topological polar surface area (TPSA) is 91.3 Å². The van der Waals surface area contributed by atoms with Crippen LogP contribution in [0.3, 0.4) is 0 Å². The Kier molecular flexibility index (Phi) is 5.09. The summed E-state index contributed by atoms with van der Waals surface area (Å²) in [6.07, 6.45) is 2.17. The molecule has 0 aliphatic heterocycles. The summed E-state index contributed by atoms with van der Waals surface area (Å²) in [5, 5.41) is 14.5. The molecule has 0 atom stereocenters. The van der Waals surface area contributed by atoms with Crippen LogP contribution in [-0.4, -0.2) is 42.1 Å². The summed E-state index contributed by atoms with van der Waals surface area (Å²) < 4.78 is 0. The van der Waals surface area contributed by atoms with Crippen LogP contribution in [0, 0.1) is 0 Å². The first-order chi connectivity index (χ1) is 8.16. The smallest absolute Gasteiger partial charge is 0.338 e. The van der Waals surface area contributed by atoms with E-state index >= 15 is 0 Å². The van der Waals surface area contributed by atoms with Gasteiger partial charge in [-0.2, -0.15) is 0 Å². The molecule has 0 spiro atoms. The molecule has 1 amide bonds. The molecule has 0 unspecified atom stereocenters. The lowest BCUT2D eigenvalue weighted by molar-refractivity contribution is 0.0690. The van der Waals surface area contributed by atoms with Crippen molar-refractivity contribution in [3.63, 3.8) is 0 Å². The largest absolute Gasteiger partial charge is 0.478 e. The number of amides is 1. The predicted octanol–water partition coefficient (Wildman–Crippen LogP) is 0.119. The highest BCUT2D eigenvalue weighted by molar-refractivity contribution is 6.03. The van der Waals surface area contributed by atoms with E-state index in [4.69, 9.17) is 5.11 Å². The molecule has 0 saturated carbocycles. The van der Waals surface area contributed by atoms with E-state index in [1.807, 2.05) is 7.05 Å². The molecule has 1 heterocycles. The molecule has 1 aromatic rings. The number of carbonyl (C=O) groups is 2. The Morgan fingerprint density at radius 2 is 2.18 bits per heavy atom. The van der Waals surface area contributed by atoms with Crippen LogP contribution in [0.4, 0.5) is 0 Å². The Hall–Kier alpha value is -1.95. The molecule has 6 nitrogen and oxygen atoms in total. The quantitative estimate of drug-likeness (QED) is 0.611. The molecule has 0 radical (unpaired) electrons. The van der Waals surface area contributed by atoms with Gasteiger partial charge >= 0.3 is 5.97 Å². The molecule has 0 aromatic carbocycles. The molecule has 1 aromatic heterocycles. The van der Waals surface area contributed by atoms with Crippen LogP contribution in [-0.2, 0) is 0 Å². The highest BCUT2D eigenvalue weighted by Crippen LogP contribution is 2.04. The third-order valence-electron chi connectivity index (χ3n) is 2.14. The van der Waals surface area contributed by atoms with E-state index < -0.39 is 11.9 Å². The summed E-state index contributed by atoms with van der Waals surface area (Å²) >= 11 is 0. The van der Waals surface area contributed by atoms with Gasteiger partial charge in [-0.1, -0.05) is 0 Å². The van der Waals surface area contributed by atoms with E-state index in [1.54, 1.807) is 0 Å². The zero-order chi connectivity index (χ0) is 12.7. The summed E-state index contributed by atoms with van der Waals surface area (Å²) in [7, 11) is 1.82. The van der Waals surface area contributed by atoms with Gasteiger partial charge in [0.05, 0.1) is 5.56 Å². The minimum absolute atomic E-state index is 0.0514. The van der Waals surface area contributed by atoms with Gasteiger partial charge in [-0.3, -0.25) is 9.78 Å². The zero-order valence-corrected chi connectivity index (χ0v) is 9.56. The molecule has 0 fully saturated rings. The maximum absolute atomic E-state index is 11.7. The average molecular weight is 237 g/mol. The number of aromatic carboxylic acids is 1. The number of hydrogen-bond donors (Lipinski definition) is 3. The van der Waals surface area contributed by atoms with Gasteiger partial charge < -0.3 is 15.7 Å². The number of rotatable bonds is 6. The summed E-state index contributed by atoms with van der Waals surface area (Å²) in [4.78, 5) is 26.3. The van der Waals surface area contributed by atoms with Crippen LogP contribution in [0.15, 0.2) is 18.3 Å². The molecule has 0 saturated heterocycles. The third kappa shape index (κ3) is 3.84. The van der Waals surface area contributed by atoms with Gasteiger partial charge in [0.15, 0.2) is 0 Å². The van der Waals surface area contributed by atoms with Gasteiger partial charge in [0.25, 0.3) is 5.91 Å². The molecule has 17 heavy (non-hydrogen) atoms. The van der Waals surface area contributed by atoms with Crippen molar-refractivity contribution in [2.75, 3.05) is 20.1 Å². The normalized spacial score (nSPS) is 9.94. The molecule has 3 N–H and O–H groups in total. The molecule has 0 aliphatic rings. The minimum atomic E-state index is -1.15. The number of pyridine rings is 1. The van der Waals surface area contributed by atoms with Crippen LogP contribution >= 0.6 is 0 Å². The van der Waals surface area contributed by atoms with E-state index in [9.17, 15) is 9.59 Å². The fourth-order valence-electron chi connectivity index (χ4n) is 1.31. The molecule has 6 heteroatoms. The Balaban J connectivity index is 2.65. The fraction of sp³-hybridized carbons (Fsp3) is 0.364. The monoisotopic (exact) mass is 237 g/mol. The van der Waals surface area contributed by atoms with Crippen molar-refractivity contribution in [2.45, 2.75) is 6.42 Å². The van der Waals surface area contributed by atoms with E-state index in [0.717, 1.165) is 13.0 Å². The van der Waals surface area contributed by atoms with Gasteiger partial charge in [0.1, 0.15) is 5.69 Å². The first kappa shape index (κ1) is 13.1.